The van der Waals surface area contributed by atoms with Gasteiger partial charge in [0.25, 0.3) is 0 Å². The fraction of sp³-hybridized carbons (Fsp3) is 0.304. The number of epoxide rings is 1. The molecule has 4 aromatic carbocycles. The summed E-state index contributed by atoms with van der Waals surface area (Å²) in [6, 6.07) is 20.2. The molecule has 126 valence electrons. The minimum absolute atomic E-state index is 0.373. The van der Waals surface area contributed by atoms with E-state index in [2.05, 4.69) is 54.6 Å². The Bertz CT molecular complexity index is 1000. The van der Waals surface area contributed by atoms with E-state index in [0.29, 0.717) is 6.10 Å². The highest BCUT2D eigenvalue weighted by Crippen LogP contribution is 2.36. The maximum Gasteiger partial charge on any atom is 0.104 e. The highest BCUT2D eigenvalue weighted by molar-refractivity contribution is 6.23. The van der Waals surface area contributed by atoms with E-state index in [9.17, 15) is 0 Å². The first-order chi connectivity index (χ1) is 12.4. The average molecular weight is 330 g/mol. The molecule has 0 bridgehead atoms. The molecular weight excluding hydrogens is 308 g/mol. The molecule has 4 aromatic rings. The molecule has 0 N–H and O–H groups in total. The van der Waals surface area contributed by atoms with Gasteiger partial charge in [0, 0.05) is 6.61 Å². The van der Waals surface area contributed by atoms with Gasteiger partial charge in [-0.1, -0.05) is 54.6 Å². The molecule has 0 amide bonds. The number of hydrogen-bond acceptors (Lipinski definition) is 2. The second-order valence-corrected chi connectivity index (χ2v) is 7.07. The van der Waals surface area contributed by atoms with Crippen LogP contribution < -0.4 is 0 Å². The Balaban J connectivity index is 1.40. The number of hydrogen-bond donors (Lipinski definition) is 0. The van der Waals surface area contributed by atoms with E-state index in [4.69, 9.17) is 9.47 Å². The van der Waals surface area contributed by atoms with Crippen molar-refractivity contribution in [3.05, 3.63) is 60.2 Å². The van der Waals surface area contributed by atoms with E-state index in [0.717, 1.165) is 39.1 Å². The van der Waals surface area contributed by atoms with Gasteiger partial charge < -0.3 is 9.47 Å². The molecule has 1 fully saturated rings. The largest absolute Gasteiger partial charge is 0.379 e. The highest BCUT2D eigenvalue weighted by atomic mass is 16.6. The van der Waals surface area contributed by atoms with E-state index < -0.39 is 0 Å². The highest BCUT2D eigenvalue weighted by Gasteiger charge is 2.21. The molecule has 2 nitrogen and oxygen atoms in total. The molecule has 0 saturated carbocycles. The van der Waals surface area contributed by atoms with Gasteiger partial charge in [-0.2, -0.15) is 0 Å². The first kappa shape index (κ1) is 15.1. The van der Waals surface area contributed by atoms with Crippen LogP contribution in [0.1, 0.15) is 18.4 Å². The summed E-state index contributed by atoms with van der Waals surface area (Å²) in [6.45, 7) is 2.48. The fourth-order valence-electron chi connectivity index (χ4n) is 3.91. The van der Waals surface area contributed by atoms with Gasteiger partial charge in [-0.3, -0.25) is 0 Å². The van der Waals surface area contributed by atoms with Crippen molar-refractivity contribution in [3.8, 4) is 0 Å². The molecule has 1 aliphatic heterocycles. The number of ether oxygens (including phenoxy) is 2. The maximum absolute atomic E-state index is 5.65. The van der Waals surface area contributed by atoms with Crippen molar-refractivity contribution < 1.29 is 9.47 Å². The third-order valence-corrected chi connectivity index (χ3v) is 5.31. The summed E-state index contributed by atoms with van der Waals surface area (Å²) >= 11 is 0. The van der Waals surface area contributed by atoms with Crippen LogP contribution >= 0.6 is 0 Å². The Morgan fingerprint density at radius 1 is 0.840 bits per heavy atom. The van der Waals surface area contributed by atoms with Crippen LogP contribution in [0.25, 0.3) is 32.3 Å². The van der Waals surface area contributed by atoms with Crippen molar-refractivity contribution in [2.24, 2.45) is 0 Å². The van der Waals surface area contributed by atoms with E-state index in [-0.39, 0.29) is 0 Å². The zero-order valence-corrected chi connectivity index (χ0v) is 14.3. The fourth-order valence-corrected chi connectivity index (χ4v) is 3.91. The molecule has 0 spiro atoms. The summed E-state index contributed by atoms with van der Waals surface area (Å²) in [4.78, 5) is 0. The first-order valence-electron chi connectivity index (χ1n) is 9.25. The molecule has 0 radical (unpaired) electrons. The smallest absolute Gasteiger partial charge is 0.104 e. The van der Waals surface area contributed by atoms with Crippen LogP contribution in [0.2, 0.25) is 0 Å². The average Bonchev–Trinajstić information content (AvgIpc) is 3.48. The lowest BCUT2D eigenvalue weighted by molar-refractivity contribution is 0.113. The van der Waals surface area contributed by atoms with Crippen LogP contribution in [-0.4, -0.2) is 25.9 Å². The van der Waals surface area contributed by atoms with Crippen molar-refractivity contribution in [1.29, 1.82) is 0 Å². The number of unbranched alkanes of at least 4 members (excludes halogenated alkanes) is 1. The molecule has 0 aromatic heterocycles. The molecular formula is C23H22O2. The summed E-state index contributed by atoms with van der Waals surface area (Å²) in [6.07, 6.45) is 3.75. The molecule has 25 heavy (non-hydrogen) atoms. The second-order valence-electron chi connectivity index (χ2n) is 7.07. The lowest BCUT2D eigenvalue weighted by Gasteiger charge is -2.14. The van der Waals surface area contributed by atoms with Crippen molar-refractivity contribution in [2.75, 3.05) is 19.8 Å². The van der Waals surface area contributed by atoms with Gasteiger partial charge >= 0.3 is 0 Å². The van der Waals surface area contributed by atoms with E-state index >= 15 is 0 Å². The number of benzene rings is 4. The SMILES string of the molecule is c1cc2ccc3ccc(CCCCOCC4CO4)c4ccc(c1)c2c34. The summed E-state index contributed by atoms with van der Waals surface area (Å²) in [5.41, 5.74) is 1.45. The van der Waals surface area contributed by atoms with Gasteiger partial charge in [0.1, 0.15) is 6.10 Å². The summed E-state index contributed by atoms with van der Waals surface area (Å²) in [5, 5.41) is 8.26. The summed E-state index contributed by atoms with van der Waals surface area (Å²) in [5.74, 6) is 0. The van der Waals surface area contributed by atoms with Gasteiger partial charge in [-0.05, 0) is 57.1 Å². The van der Waals surface area contributed by atoms with Gasteiger partial charge in [0.05, 0.1) is 13.2 Å². The predicted octanol–water partition coefficient (Wildman–Crippen LogP) is 5.32. The van der Waals surface area contributed by atoms with E-state index in [1.165, 1.54) is 37.9 Å². The molecule has 1 aliphatic rings. The van der Waals surface area contributed by atoms with Gasteiger partial charge in [-0.25, -0.2) is 0 Å². The van der Waals surface area contributed by atoms with Crippen LogP contribution in [-0.2, 0) is 15.9 Å². The second kappa shape index (κ2) is 6.29. The van der Waals surface area contributed by atoms with E-state index in [1.54, 1.807) is 0 Å². The Labute approximate surface area is 147 Å². The zero-order valence-electron chi connectivity index (χ0n) is 14.3. The molecule has 1 heterocycles. The molecule has 1 atom stereocenters. The third-order valence-electron chi connectivity index (χ3n) is 5.31. The monoisotopic (exact) mass is 330 g/mol. The molecule has 5 rings (SSSR count). The van der Waals surface area contributed by atoms with Crippen LogP contribution in [0.5, 0.6) is 0 Å². The lowest BCUT2D eigenvalue weighted by Crippen LogP contribution is -2.03. The maximum atomic E-state index is 5.65. The molecule has 0 aliphatic carbocycles. The van der Waals surface area contributed by atoms with Gasteiger partial charge in [-0.15, -0.1) is 0 Å². The van der Waals surface area contributed by atoms with Crippen LogP contribution in [0.4, 0.5) is 0 Å². The Kier molecular flexibility index (Phi) is 3.80. The molecule has 1 unspecified atom stereocenters. The van der Waals surface area contributed by atoms with Crippen LogP contribution in [0, 0.1) is 0 Å². The zero-order chi connectivity index (χ0) is 16.6. The third kappa shape index (κ3) is 2.86. The normalized spacial score (nSPS) is 17.0. The van der Waals surface area contributed by atoms with Crippen molar-refractivity contribution >= 4 is 32.3 Å². The van der Waals surface area contributed by atoms with Crippen molar-refractivity contribution in [2.45, 2.75) is 25.4 Å². The summed E-state index contributed by atoms with van der Waals surface area (Å²) in [7, 11) is 0. The minimum atomic E-state index is 0.373. The Hall–Kier alpha value is -2.16. The lowest BCUT2D eigenvalue weighted by atomic mass is 9.91. The Morgan fingerprint density at radius 2 is 1.56 bits per heavy atom. The van der Waals surface area contributed by atoms with Gasteiger partial charge in [0.2, 0.25) is 0 Å². The molecule has 2 heteroatoms. The van der Waals surface area contributed by atoms with E-state index in [1.807, 2.05) is 0 Å². The number of rotatable bonds is 7. The topological polar surface area (TPSA) is 21.8 Å². The van der Waals surface area contributed by atoms with Crippen LogP contribution in [0.15, 0.2) is 54.6 Å². The van der Waals surface area contributed by atoms with Gasteiger partial charge in [0.15, 0.2) is 0 Å². The van der Waals surface area contributed by atoms with Crippen molar-refractivity contribution in [1.82, 2.24) is 0 Å². The first-order valence-corrected chi connectivity index (χ1v) is 9.25. The van der Waals surface area contributed by atoms with Crippen LogP contribution in [0.3, 0.4) is 0 Å². The quantitative estimate of drug-likeness (QED) is 0.260. The standard InChI is InChI=1S/C23H22O2/c1(2-13-24-14-20-15-25-20)4-16-7-8-19-10-9-17-5-3-6-18-11-12-21(16)23(19)22(17)18/h3,5-12,20H,1-2,4,13-15H2. The number of aryl methyl sites for hydroxylation is 1. The van der Waals surface area contributed by atoms with Crippen molar-refractivity contribution in [3.63, 3.8) is 0 Å². The Morgan fingerprint density at radius 3 is 2.36 bits per heavy atom. The predicted molar refractivity (Wildman–Crippen MR) is 104 cm³/mol. The minimum Gasteiger partial charge on any atom is -0.379 e. The summed E-state index contributed by atoms with van der Waals surface area (Å²) < 4.78 is 10.8. The molecule has 1 saturated heterocycles.